The van der Waals surface area contributed by atoms with Gasteiger partial charge in [-0.05, 0) is 36.2 Å². The Balaban J connectivity index is 2.12. The van der Waals surface area contributed by atoms with Crippen molar-refractivity contribution < 1.29 is 19.1 Å². The maximum atomic E-state index is 12.5. The van der Waals surface area contributed by atoms with Gasteiger partial charge in [0.2, 0.25) is 5.91 Å². The molecule has 0 heterocycles. The van der Waals surface area contributed by atoms with Crippen LogP contribution >= 0.6 is 0 Å². The summed E-state index contributed by atoms with van der Waals surface area (Å²) < 4.78 is 4.83. The summed E-state index contributed by atoms with van der Waals surface area (Å²) in [5, 5.41) is 4.80. The van der Waals surface area contributed by atoms with E-state index in [1.54, 1.807) is 19.1 Å². The molecule has 0 saturated heterocycles. The van der Waals surface area contributed by atoms with Crippen molar-refractivity contribution in [3.63, 3.8) is 0 Å². The van der Waals surface area contributed by atoms with Gasteiger partial charge < -0.3 is 15.8 Å². The molecule has 2 amide bonds. The van der Waals surface area contributed by atoms with Crippen LogP contribution in [-0.4, -0.2) is 30.4 Å². The number of esters is 1. The monoisotopic (exact) mass is 354 g/mol. The van der Waals surface area contributed by atoms with Gasteiger partial charge in [0, 0.05) is 24.1 Å². The van der Waals surface area contributed by atoms with E-state index in [9.17, 15) is 14.4 Å². The van der Waals surface area contributed by atoms with Gasteiger partial charge in [0.25, 0.3) is 5.91 Å². The van der Waals surface area contributed by atoms with Gasteiger partial charge >= 0.3 is 5.97 Å². The topological polar surface area (TPSA) is 98.5 Å². The van der Waals surface area contributed by atoms with Crippen LogP contribution in [0.1, 0.15) is 30.1 Å². The quantitative estimate of drug-likeness (QED) is 0.561. The first-order valence-corrected chi connectivity index (χ1v) is 8.42. The molecule has 1 atom stereocenters. The van der Waals surface area contributed by atoms with Gasteiger partial charge in [0.15, 0.2) is 0 Å². The van der Waals surface area contributed by atoms with E-state index in [0.717, 1.165) is 10.8 Å². The number of rotatable bonds is 8. The molecular formula is C20H22N2O4. The van der Waals surface area contributed by atoms with E-state index in [4.69, 9.17) is 10.5 Å². The van der Waals surface area contributed by atoms with Crippen LogP contribution in [0.2, 0.25) is 0 Å². The molecule has 2 rings (SSSR count). The molecule has 26 heavy (non-hydrogen) atoms. The highest BCUT2D eigenvalue weighted by molar-refractivity contribution is 5.98. The van der Waals surface area contributed by atoms with E-state index in [-0.39, 0.29) is 18.9 Å². The van der Waals surface area contributed by atoms with Crippen molar-refractivity contribution in [2.45, 2.75) is 25.8 Å². The third kappa shape index (κ3) is 5.73. The van der Waals surface area contributed by atoms with Gasteiger partial charge in [-0.3, -0.25) is 9.59 Å². The lowest BCUT2D eigenvalue weighted by atomic mass is 10.1. The van der Waals surface area contributed by atoms with Gasteiger partial charge in [-0.1, -0.05) is 36.4 Å². The molecule has 6 heteroatoms. The Bertz CT molecular complexity index is 829. The number of hydrogen-bond donors (Lipinski definition) is 2. The number of primary amides is 1. The minimum Gasteiger partial charge on any atom is -0.463 e. The van der Waals surface area contributed by atoms with Crippen LogP contribution in [-0.2, 0) is 14.3 Å². The van der Waals surface area contributed by atoms with Crippen molar-refractivity contribution in [1.82, 2.24) is 5.32 Å². The number of hydrogen-bond acceptors (Lipinski definition) is 4. The van der Waals surface area contributed by atoms with Crippen molar-refractivity contribution in [2.24, 2.45) is 5.73 Å². The first-order valence-electron chi connectivity index (χ1n) is 8.42. The molecule has 0 aliphatic carbocycles. The van der Waals surface area contributed by atoms with E-state index >= 15 is 0 Å². The first kappa shape index (κ1) is 19.2. The predicted molar refractivity (Wildman–Crippen MR) is 99.4 cm³/mol. The van der Waals surface area contributed by atoms with E-state index < -0.39 is 17.9 Å². The molecular weight excluding hydrogens is 332 g/mol. The molecule has 0 saturated carbocycles. The Morgan fingerprint density at radius 2 is 1.88 bits per heavy atom. The summed E-state index contributed by atoms with van der Waals surface area (Å²) >= 11 is 0. The second-order valence-electron chi connectivity index (χ2n) is 5.76. The lowest BCUT2D eigenvalue weighted by Crippen LogP contribution is -2.34. The van der Waals surface area contributed by atoms with E-state index in [1.165, 1.54) is 12.2 Å². The molecule has 6 nitrogen and oxygen atoms in total. The Morgan fingerprint density at radius 3 is 2.58 bits per heavy atom. The van der Waals surface area contributed by atoms with E-state index in [2.05, 4.69) is 5.32 Å². The number of amides is 2. The molecule has 0 radical (unpaired) electrons. The van der Waals surface area contributed by atoms with Gasteiger partial charge in [-0.2, -0.15) is 0 Å². The molecule has 0 bridgehead atoms. The number of carbonyl (C=O) groups is 3. The fourth-order valence-corrected chi connectivity index (χ4v) is 2.48. The molecule has 3 N–H and O–H groups in total. The number of nitrogens with one attached hydrogen (secondary N) is 1. The van der Waals surface area contributed by atoms with Crippen LogP contribution in [0, 0.1) is 0 Å². The fourth-order valence-electron chi connectivity index (χ4n) is 2.48. The number of ether oxygens (including phenoxy) is 1. The van der Waals surface area contributed by atoms with Gasteiger partial charge in [0.1, 0.15) is 0 Å². The highest BCUT2D eigenvalue weighted by Crippen LogP contribution is 2.16. The zero-order chi connectivity index (χ0) is 18.9. The molecule has 2 aromatic rings. The van der Waals surface area contributed by atoms with Crippen LogP contribution in [0.5, 0.6) is 0 Å². The number of benzene rings is 2. The minimum absolute atomic E-state index is 0.0931. The lowest BCUT2D eigenvalue weighted by molar-refractivity contribution is -0.137. The molecule has 0 aliphatic rings. The largest absolute Gasteiger partial charge is 0.463 e. The van der Waals surface area contributed by atoms with Gasteiger partial charge in [0.05, 0.1) is 6.61 Å². The predicted octanol–water partition coefficient (Wildman–Crippen LogP) is 2.32. The van der Waals surface area contributed by atoms with Crippen molar-refractivity contribution in [3.8, 4) is 0 Å². The summed E-state index contributed by atoms with van der Waals surface area (Å²) in [6, 6.07) is 12.6. The number of carbonyl (C=O) groups excluding carboxylic acids is 3. The second-order valence-corrected chi connectivity index (χ2v) is 5.76. The maximum Gasteiger partial charge on any atom is 0.330 e. The van der Waals surface area contributed by atoms with Crippen LogP contribution < -0.4 is 11.1 Å². The Hall–Kier alpha value is -3.15. The third-order valence-electron chi connectivity index (χ3n) is 3.78. The van der Waals surface area contributed by atoms with Crippen molar-refractivity contribution in [3.05, 3.63) is 60.2 Å². The first-order chi connectivity index (χ1) is 12.5. The van der Waals surface area contributed by atoms with Crippen LogP contribution in [0.4, 0.5) is 0 Å². The number of fused-ring (bicyclic) bond motifs is 1. The summed E-state index contributed by atoms with van der Waals surface area (Å²) in [6.45, 7) is 1.97. The summed E-state index contributed by atoms with van der Waals surface area (Å²) in [7, 11) is 0. The summed E-state index contributed by atoms with van der Waals surface area (Å²) in [4.78, 5) is 35.1. The zero-order valence-corrected chi connectivity index (χ0v) is 14.6. The Labute approximate surface area is 152 Å². The van der Waals surface area contributed by atoms with Crippen LogP contribution in [0.25, 0.3) is 10.8 Å². The molecule has 0 spiro atoms. The highest BCUT2D eigenvalue weighted by Gasteiger charge is 2.13. The molecule has 0 fully saturated rings. The minimum atomic E-state index is -0.508. The zero-order valence-electron chi connectivity index (χ0n) is 14.6. The standard InChI is InChI=1S/C20H22N2O4/c1-2-26-19(24)12-10-17(9-11-18(21)23)22-20(25)16-8-7-14-5-3-4-6-15(14)13-16/h3-8,10,12-13,17H,2,9,11H2,1H3,(H2,21,23)(H,22,25)/b12-10+/t17-/m0/s1. The molecule has 2 aromatic carbocycles. The molecule has 0 aliphatic heterocycles. The van der Waals surface area contributed by atoms with Crippen LogP contribution in [0.15, 0.2) is 54.6 Å². The van der Waals surface area contributed by atoms with E-state index in [1.807, 2.05) is 30.3 Å². The van der Waals surface area contributed by atoms with E-state index in [0.29, 0.717) is 12.0 Å². The molecule has 0 unspecified atom stereocenters. The van der Waals surface area contributed by atoms with Crippen molar-refractivity contribution in [2.75, 3.05) is 6.61 Å². The summed E-state index contributed by atoms with van der Waals surface area (Å²) in [5.74, 6) is -1.27. The highest BCUT2D eigenvalue weighted by atomic mass is 16.5. The SMILES string of the molecule is CCOC(=O)/C=C/[C@H](CCC(N)=O)NC(=O)c1ccc2ccccc2c1. The average Bonchev–Trinajstić information content (AvgIpc) is 2.63. The smallest absolute Gasteiger partial charge is 0.330 e. The van der Waals surface area contributed by atoms with Crippen molar-refractivity contribution in [1.29, 1.82) is 0 Å². The summed E-state index contributed by atoms with van der Waals surface area (Å²) in [6.07, 6.45) is 3.15. The fraction of sp³-hybridized carbons (Fsp3) is 0.250. The van der Waals surface area contributed by atoms with Gasteiger partial charge in [-0.15, -0.1) is 0 Å². The average molecular weight is 354 g/mol. The number of nitrogens with two attached hydrogens (primary N) is 1. The molecule has 0 aromatic heterocycles. The van der Waals surface area contributed by atoms with Crippen LogP contribution in [0.3, 0.4) is 0 Å². The van der Waals surface area contributed by atoms with Crippen molar-refractivity contribution >= 4 is 28.6 Å². The maximum absolute atomic E-state index is 12.5. The summed E-state index contributed by atoms with van der Waals surface area (Å²) in [5.41, 5.74) is 5.68. The van der Waals surface area contributed by atoms with Gasteiger partial charge in [-0.25, -0.2) is 4.79 Å². The third-order valence-corrected chi connectivity index (χ3v) is 3.78. The normalized spacial score (nSPS) is 12.0. The molecule has 136 valence electrons. The Morgan fingerprint density at radius 1 is 1.15 bits per heavy atom. The lowest BCUT2D eigenvalue weighted by Gasteiger charge is -2.15. The Kier molecular flexibility index (Phi) is 6.91. The second kappa shape index (κ2) is 9.36.